The Morgan fingerprint density at radius 2 is 1.87 bits per heavy atom. The lowest BCUT2D eigenvalue weighted by molar-refractivity contribution is -0.139. The molecule has 1 saturated heterocycles. The number of amides is 2. The molecule has 4 rings (SSSR count). The molecule has 2 aromatic rings. The maximum atomic E-state index is 13.1. The zero-order valence-corrected chi connectivity index (χ0v) is 17.1. The summed E-state index contributed by atoms with van der Waals surface area (Å²) in [4.78, 5) is 27.7. The number of benzene rings is 2. The normalized spacial score (nSPS) is 21.7. The van der Waals surface area contributed by atoms with Crippen LogP contribution in [0.25, 0.3) is 0 Å². The number of aryl methyl sites for hydroxylation is 1. The molecule has 30 heavy (non-hydrogen) atoms. The summed E-state index contributed by atoms with van der Waals surface area (Å²) in [5, 5.41) is 12.6. The number of carbonyl (C=O) groups is 2. The number of nitrogens with one attached hydrogen (secondary N) is 1. The largest absolute Gasteiger partial charge is 0.508 e. The Labute approximate surface area is 177 Å². The van der Waals surface area contributed by atoms with Crippen molar-refractivity contribution in [2.45, 2.75) is 56.7 Å². The molecule has 4 N–H and O–H groups in total. The van der Waals surface area contributed by atoms with Crippen LogP contribution in [0.15, 0.2) is 48.5 Å². The van der Waals surface area contributed by atoms with E-state index in [1.165, 1.54) is 11.1 Å². The van der Waals surface area contributed by atoms with E-state index in [-0.39, 0.29) is 23.6 Å². The lowest BCUT2D eigenvalue weighted by Crippen LogP contribution is -2.52. The van der Waals surface area contributed by atoms with E-state index >= 15 is 0 Å². The fourth-order valence-corrected chi connectivity index (χ4v) is 4.66. The predicted molar refractivity (Wildman–Crippen MR) is 115 cm³/mol. The second-order valence-electron chi connectivity index (χ2n) is 8.32. The molecule has 158 valence electrons. The molecule has 1 heterocycles. The van der Waals surface area contributed by atoms with E-state index in [1.54, 1.807) is 29.2 Å². The summed E-state index contributed by atoms with van der Waals surface area (Å²) >= 11 is 0. The van der Waals surface area contributed by atoms with E-state index in [0.717, 1.165) is 31.2 Å². The summed E-state index contributed by atoms with van der Waals surface area (Å²) in [7, 11) is 0. The van der Waals surface area contributed by atoms with Crippen LogP contribution in [0.2, 0.25) is 0 Å². The molecule has 2 aromatic carbocycles. The number of hydrogen-bond acceptors (Lipinski definition) is 4. The lowest BCUT2D eigenvalue weighted by Gasteiger charge is -2.31. The van der Waals surface area contributed by atoms with Crippen molar-refractivity contribution >= 4 is 11.8 Å². The topological polar surface area (TPSA) is 95.7 Å². The van der Waals surface area contributed by atoms with Gasteiger partial charge in [-0.3, -0.25) is 9.59 Å². The predicted octanol–water partition coefficient (Wildman–Crippen LogP) is 2.45. The van der Waals surface area contributed by atoms with Gasteiger partial charge < -0.3 is 21.1 Å². The van der Waals surface area contributed by atoms with E-state index in [1.807, 2.05) is 12.1 Å². The quantitative estimate of drug-likeness (QED) is 0.709. The van der Waals surface area contributed by atoms with Crippen LogP contribution in [-0.4, -0.2) is 40.4 Å². The summed E-state index contributed by atoms with van der Waals surface area (Å²) in [5.74, 6) is -0.0941. The highest BCUT2D eigenvalue weighted by Crippen LogP contribution is 2.30. The van der Waals surface area contributed by atoms with Gasteiger partial charge in [-0.2, -0.15) is 0 Å². The van der Waals surface area contributed by atoms with Crippen molar-refractivity contribution in [2.75, 3.05) is 6.54 Å². The number of phenolic OH excluding ortho intramolecular Hbond substituents is 1. The molecule has 0 spiro atoms. The minimum absolute atomic E-state index is 0.00525. The Morgan fingerprint density at radius 3 is 2.67 bits per heavy atom. The fourth-order valence-electron chi connectivity index (χ4n) is 4.66. The van der Waals surface area contributed by atoms with E-state index in [0.29, 0.717) is 19.4 Å². The first kappa shape index (κ1) is 20.4. The number of hydrogen-bond donors (Lipinski definition) is 3. The van der Waals surface area contributed by atoms with Gasteiger partial charge in [0.05, 0.1) is 12.1 Å². The van der Waals surface area contributed by atoms with Gasteiger partial charge >= 0.3 is 0 Å². The Balaban J connectivity index is 1.41. The second kappa shape index (κ2) is 8.88. The van der Waals surface area contributed by atoms with Crippen LogP contribution in [-0.2, 0) is 22.4 Å². The van der Waals surface area contributed by atoms with Crippen LogP contribution in [0.1, 0.15) is 48.4 Å². The number of aromatic hydroxyl groups is 1. The Bertz CT molecular complexity index is 912. The van der Waals surface area contributed by atoms with Crippen molar-refractivity contribution in [2.24, 2.45) is 5.73 Å². The SMILES string of the molecule is N[C@@H](Cc1ccc(O)cc1)C(=O)N1CCC[C@H]1C(=O)N[C@@H]1CCCc2ccccc21. The maximum absolute atomic E-state index is 13.1. The van der Waals surface area contributed by atoms with Gasteiger partial charge in [-0.1, -0.05) is 36.4 Å². The van der Waals surface area contributed by atoms with Crippen LogP contribution in [0.3, 0.4) is 0 Å². The monoisotopic (exact) mass is 407 g/mol. The van der Waals surface area contributed by atoms with Crippen molar-refractivity contribution in [3.63, 3.8) is 0 Å². The minimum Gasteiger partial charge on any atom is -0.508 e. The lowest BCUT2D eigenvalue weighted by atomic mass is 9.87. The van der Waals surface area contributed by atoms with Crippen molar-refractivity contribution in [1.82, 2.24) is 10.2 Å². The van der Waals surface area contributed by atoms with Crippen LogP contribution in [0, 0.1) is 0 Å². The third-order valence-corrected chi connectivity index (χ3v) is 6.23. The highest BCUT2D eigenvalue weighted by molar-refractivity contribution is 5.90. The number of carbonyl (C=O) groups excluding carboxylic acids is 2. The molecule has 0 bridgehead atoms. The first-order chi connectivity index (χ1) is 14.5. The molecule has 3 atom stereocenters. The fraction of sp³-hybridized carbons (Fsp3) is 0.417. The third-order valence-electron chi connectivity index (χ3n) is 6.23. The van der Waals surface area contributed by atoms with Crippen LogP contribution in [0.5, 0.6) is 5.75 Å². The number of likely N-dealkylation sites (tertiary alicyclic amines) is 1. The molecule has 1 fully saturated rings. The van der Waals surface area contributed by atoms with E-state index in [2.05, 4.69) is 17.4 Å². The first-order valence-corrected chi connectivity index (χ1v) is 10.7. The van der Waals surface area contributed by atoms with Crippen LogP contribution in [0.4, 0.5) is 0 Å². The molecule has 1 aliphatic carbocycles. The van der Waals surface area contributed by atoms with Crippen molar-refractivity contribution in [3.05, 3.63) is 65.2 Å². The molecule has 2 amide bonds. The maximum Gasteiger partial charge on any atom is 0.243 e. The Hall–Kier alpha value is -2.86. The number of rotatable bonds is 5. The van der Waals surface area contributed by atoms with Gasteiger partial charge in [0.15, 0.2) is 0 Å². The molecule has 0 aromatic heterocycles. The average molecular weight is 408 g/mol. The van der Waals surface area contributed by atoms with Gasteiger partial charge in [0.1, 0.15) is 11.8 Å². The smallest absolute Gasteiger partial charge is 0.243 e. The highest BCUT2D eigenvalue weighted by atomic mass is 16.3. The van der Waals surface area contributed by atoms with Crippen molar-refractivity contribution in [1.29, 1.82) is 0 Å². The summed E-state index contributed by atoms with van der Waals surface area (Å²) in [6.07, 6.45) is 4.86. The summed E-state index contributed by atoms with van der Waals surface area (Å²) in [5.41, 5.74) is 9.56. The molecule has 0 saturated carbocycles. The number of phenols is 1. The van der Waals surface area contributed by atoms with Gasteiger partial charge in [-0.25, -0.2) is 0 Å². The summed E-state index contributed by atoms with van der Waals surface area (Å²) in [6, 6.07) is 13.8. The molecule has 1 aliphatic heterocycles. The third kappa shape index (κ3) is 4.33. The van der Waals surface area contributed by atoms with E-state index in [9.17, 15) is 14.7 Å². The highest BCUT2D eigenvalue weighted by Gasteiger charge is 2.37. The van der Waals surface area contributed by atoms with Gasteiger partial charge in [-0.05, 0) is 67.3 Å². The molecule has 0 unspecified atom stereocenters. The zero-order valence-electron chi connectivity index (χ0n) is 17.1. The second-order valence-corrected chi connectivity index (χ2v) is 8.32. The number of nitrogens with two attached hydrogens (primary N) is 1. The molecule has 2 aliphatic rings. The van der Waals surface area contributed by atoms with Crippen LogP contribution >= 0.6 is 0 Å². The molecular formula is C24H29N3O3. The van der Waals surface area contributed by atoms with E-state index in [4.69, 9.17) is 5.73 Å². The summed E-state index contributed by atoms with van der Waals surface area (Å²) < 4.78 is 0. The minimum atomic E-state index is -0.710. The molecule has 6 heteroatoms. The standard InChI is InChI=1S/C24H29N3O3/c25-20(15-16-10-12-18(28)13-11-16)24(30)27-14-4-9-22(27)23(29)26-21-8-3-6-17-5-1-2-7-19(17)21/h1-2,5,7,10-13,20-22,28H,3-4,6,8-9,14-15,25H2,(H,26,29)/t20-,21+,22-/m0/s1. The molecular weight excluding hydrogens is 378 g/mol. The van der Waals surface area contributed by atoms with Gasteiger partial charge in [0.2, 0.25) is 11.8 Å². The zero-order chi connectivity index (χ0) is 21.1. The molecule has 0 radical (unpaired) electrons. The summed E-state index contributed by atoms with van der Waals surface area (Å²) in [6.45, 7) is 0.557. The van der Waals surface area contributed by atoms with Crippen LogP contribution < -0.4 is 11.1 Å². The van der Waals surface area contributed by atoms with Crippen molar-refractivity contribution < 1.29 is 14.7 Å². The van der Waals surface area contributed by atoms with Gasteiger partial charge in [0, 0.05) is 6.54 Å². The van der Waals surface area contributed by atoms with Crippen molar-refractivity contribution in [3.8, 4) is 5.75 Å². The van der Waals surface area contributed by atoms with Gasteiger partial charge in [-0.15, -0.1) is 0 Å². The van der Waals surface area contributed by atoms with E-state index < -0.39 is 12.1 Å². The molecule has 6 nitrogen and oxygen atoms in total. The van der Waals surface area contributed by atoms with Gasteiger partial charge in [0.25, 0.3) is 0 Å². The number of fused-ring (bicyclic) bond motifs is 1. The Morgan fingerprint density at radius 1 is 1.10 bits per heavy atom. The Kier molecular flexibility index (Phi) is 6.04. The average Bonchev–Trinajstić information content (AvgIpc) is 3.25. The number of nitrogens with zero attached hydrogens (tertiary/aromatic N) is 1. The first-order valence-electron chi connectivity index (χ1n) is 10.7.